The van der Waals surface area contributed by atoms with Gasteiger partial charge in [0, 0.05) is 17.7 Å². The second-order valence-corrected chi connectivity index (χ2v) is 4.12. The number of nitrogens with two attached hydrogens (primary N) is 1. The van der Waals surface area contributed by atoms with Crippen molar-refractivity contribution in [3.8, 4) is 0 Å². The summed E-state index contributed by atoms with van der Waals surface area (Å²) in [5.74, 6) is 0.293. The van der Waals surface area contributed by atoms with Crippen LogP contribution in [0, 0.1) is 16.0 Å². The van der Waals surface area contributed by atoms with Crippen molar-refractivity contribution < 1.29 is 4.92 Å². The van der Waals surface area contributed by atoms with Crippen molar-refractivity contribution in [3.05, 3.63) is 39.9 Å². The summed E-state index contributed by atoms with van der Waals surface area (Å²) in [6.07, 6.45) is 1.61. The Morgan fingerprint density at radius 1 is 1.44 bits per heavy atom. The number of nitro benzene ring substituents is 1. The molecule has 4 nitrogen and oxygen atoms in total. The first-order chi connectivity index (χ1) is 7.56. The summed E-state index contributed by atoms with van der Waals surface area (Å²) in [6.45, 7) is 4.01. The van der Waals surface area contributed by atoms with Gasteiger partial charge >= 0.3 is 0 Å². The molecule has 2 atom stereocenters. The molecule has 0 amide bonds. The number of hydrogen-bond acceptors (Lipinski definition) is 3. The summed E-state index contributed by atoms with van der Waals surface area (Å²) in [5.41, 5.74) is 6.82. The van der Waals surface area contributed by atoms with Gasteiger partial charge in [0.05, 0.1) is 4.92 Å². The fourth-order valence-corrected chi connectivity index (χ4v) is 1.85. The molecule has 0 bridgehead atoms. The average Bonchev–Trinajstić information content (AvgIpc) is 2.25. The zero-order valence-electron chi connectivity index (χ0n) is 9.72. The quantitative estimate of drug-likeness (QED) is 0.614. The van der Waals surface area contributed by atoms with Gasteiger partial charge in [0.2, 0.25) is 0 Å². The van der Waals surface area contributed by atoms with Crippen LogP contribution in [0.5, 0.6) is 0 Å². The van der Waals surface area contributed by atoms with Gasteiger partial charge < -0.3 is 5.73 Å². The Morgan fingerprint density at radius 2 is 2.06 bits per heavy atom. The van der Waals surface area contributed by atoms with Crippen LogP contribution in [0.15, 0.2) is 24.3 Å². The Bertz CT molecular complexity index is 364. The third kappa shape index (κ3) is 3.03. The molecule has 2 N–H and O–H groups in total. The van der Waals surface area contributed by atoms with Crippen molar-refractivity contribution >= 4 is 5.69 Å². The van der Waals surface area contributed by atoms with Crippen LogP contribution in [0.4, 0.5) is 5.69 Å². The molecule has 1 rings (SSSR count). The minimum absolute atomic E-state index is 0.0600. The highest BCUT2D eigenvalue weighted by molar-refractivity contribution is 5.40. The first-order valence-electron chi connectivity index (χ1n) is 5.54. The van der Waals surface area contributed by atoms with Crippen molar-refractivity contribution in [2.75, 3.05) is 0 Å². The zero-order valence-corrected chi connectivity index (χ0v) is 9.72. The van der Waals surface area contributed by atoms with Crippen molar-refractivity contribution in [2.45, 2.75) is 32.7 Å². The minimum atomic E-state index is -0.330. The van der Waals surface area contributed by atoms with E-state index in [2.05, 4.69) is 6.92 Å². The van der Waals surface area contributed by atoms with Crippen LogP contribution in [0.25, 0.3) is 0 Å². The first-order valence-corrected chi connectivity index (χ1v) is 5.54. The second-order valence-electron chi connectivity index (χ2n) is 4.12. The summed E-state index contributed by atoms with van der Waals surface area (Å²) >= 11 is 0. The lowest BCUT2D eigenvalue weighted by molar-refractivity contribution is -0.385. The topological polar surface area (TPSA) is 69.2 Å². The van der Waals surface area contributed by atoms with Crippen LogP contribution in [0.3, 0.4) is 0 Å². The molecule has 0 aliphatic rings. The predicted molar refractivity (Wildman–Crippen MR) is 64.2 cm³/mol. The van der Waals surface area contributed by atoms with Crippen LogP contribution >= 0.6 is 0 Å². The highest BCUT2D eigenvalue weighted by atomic mass is 16.6. The van der Waals surface area contributed by atoms with E-state index < -0.39 is 0 Å². The molecule has 0 heterocycles. The van der Waals surface area contributed by atoms with E-state index in [9.17, 15) is 10.1 Å². The molecule has 0 radical (unpaired) electrons. The third-order valence-electron chi connectivity index (χ3n) is 2.94. The normalized spacial score (nSPS) is 14.4. The molecule has 0 aromatic heterocycles. The number of hydrogen-bond donors (Lipinski definition) is 1. The van der Waals surface area contributed by atoms with E-state index in [0.717, 1.165) is 12.0 Å². The van der Waals surface area contributed by atoms with Crippen LogP contribution in [0.1, 0.15) is 25.8 Å². The SMILES string of the molecule is CCC(Cc1ccccc1[N+](=O)[O-])C(C)N. The standard InChI is InChI=1S/C12H18N2O2/c1-3-10(9(2)13)8-11-6-4-5-7-12(11)14(15)16/h4-7,9-10H,3,8,13H2,1-2H3. The largest absolute Gasteiger partial charge is 0.328 e. The Kier molecular flexibility index (Phi) is 4.43. The molecule has 2 unspecified atom stereocenters. The molecule has 16 heavy (non-hydrogen) atoms. The van der Waals surface area contributed by atoms with Crippen LogP contribution in [0.2, 0.25) is 0 Å². The molecule has 4 heteroatoms. The van der Waals surface area contributed by atoms with Gasteiger partial charge in [-0.05, 0) is 19.3 Å². The number of rotatable bonds is 5. The molecule has 0 saturated carbocycles. The van der Waals surface area contributed by atoms with Crippen molar-refractivity contribution in [3.63, 3.8) is 0 Å². The second kappa shape index (κ2) is 5.61. The molecule has 1 aromatic rings. The van der Waals surface area contributed by atoms with Gasteiger partial charge in [0.15, 0.2) is 0 Å². The Balaban J connectivity index is 2.91. The molecule has 0 aliphatic carbocycles. The van der Waals surface area contributed by atoms with E-state index >= 15 is 0 Å². The van der Waals surface area contributed by atoms with Gasteiger partial charge in [-0.25, -0.2) is 0 Å². The van der Waals surface area contributed by atoms with E-state index in [1.165, 1.54) is 0 Å². The summed E-state index contributed by atoms with van der Waals surface area (Å²) in [4.78, 5) is 10.5. The lowest BCUT2D eigenvalue weighted by Gasteiger charge is -2.18. The van der Waals surface area contributed by atoms with Crippen LogP contribution < -0.4 is 5.73 Å². The first kappa shape index (κ1) is 12.6. The molecule has 0 spiro atoms. The average molecular weight is 222 g/mol. The van der Waals surface area contributed by atoms with Crippen LogP contribution in [-0.2, 0) is 6.42 Å². The maximum atomic E-state index is 10.8. The summed E-state index contributed by atoms with van der Waals surface area (Å²) < 4.78 is 0. The third-order valence-corrected chi connectivity index (χ3v) is 2.94. The Hall–Kier alpha value is -1.42. The van der Waals surface area contributed by atoms with E-state index in [1.807, 2.05) is 19.1 Å². The van der Waals surface area contributed by atoms with Crippen molar-refractivity contribution in [1.82, 2.24) is 0 Å². The number of para-hydroxylation sites is 1. The zero-order chi connectivity index (χ0) is 12.1. The van der Waals surface area contributed by atoms with Gasteiger partial charge in [-0.2, -0.15) is 0 Å². The monoisotopic (exact) mass is 222 g/mol. The molecule has 0 fully saturated rings. The van der Waals surface area contributed by atoms with Gasteiger partial charge in [0.25, 0.3) is 5.69 Å². The highest BCUT2D eigenvalue weighted by Crippen LogP contribution is 2.23. The van der Waals surface area contributed by atoms with Gasteiger partial charge in [-0.15, -0.1) is 0 Å². The molecule has 0 aliphatic heterocycles. The van der Waals surface area contributed by atoms with E-state index in [4.69, 9.17) is 5.73 Å². The summed E-state index contributed by atoms with van der Waals surface area (Å²) in [7, 11) is 0. The molecular weight excluding hydrogens is 204 g/mol. The number of nitrogens with zero attached hydrogens (tertiary/aromatic N) is 1. The Labute approximate surface area is 95.6 Å². The number of benzene rings is 1. The van der Waals surface area contributed by atoms with Gasteiger partial charge in [-0.1, -0.05) is 31.5 Å². The fraction of sp³-hybridized carbons (Fsp3) is 0.500. The molecule has 88 valence electrons. The smallest absolute Gasteiger partial charge is 0.272 e. The predicted octanol–water partition coefficient (Wildman–Crippen LogP) is 2.51. The van der Waals surface area contributed by atoms with E-state index in [-0.39, 0.29) is 16.7 Å². The van der Waals surface area contributed by atoms with Crippen molar-refractivity contribution in [2.24, 2.45) is 11.7 Å². The maximum Gasteiger partial charge on any atom is 0.272 e. The van der Waals surface area contributed by atoms with Gasteiger partial charge in [0.1, 0.15) is 0 Å². The van der Waals surface area contributed by atoms with E-state index in [0.29, 0.717) is 12.3 Å². The maximum absolute atomic E-state index is 10.8. The fourth-order valence-electron chi connectivity index (χ4n) is 1.85. The van der Waals surface area contributed by atoms with Crippen LogP contribution in [-0.4, -0.2) is 11.0 Å². The lowest BCUT2D eigenvalue weighted by Crippen LogP contribution is -2.27. The summed E-state index contributed by atoms with van der Waals surface area (Å²) in [5, 5.41) is 10.8. The summed E-state index contributed by atoms with van der Waals surface area (Å²) in [6, 6.07) is 6.93. The molecule has 1 aromatic carbocycles. The highest BCUT2D eigenvalue weighted by Gasteiger charge is 2.18. The lowest BCUT2D eigenvalue weighted by atomic mass is 9.91. The van der Waals surface area contributed by atoms with E-state index in [1.54, 1.807) is 12.1 Å². The minimum Gasteiger partial charge on any atom is -0.328 e. The molecule has 0 saturated heterocycles. The van der Waals surface area contributed by atoms with Crippen molar-refractivity contribution in [1.29, 1.82) is 0 Å². The van der Waals surface area contributed by atoms with Gasteiger partial charge in [-0.3, -0.25) is 10.1 Å². The Morgan fingerprint density at radius 3 is 2.56 bits per heavy atom. The number of nitro groups is 1. The molecular formula is C12H18N2O2.